The molecule has 0 aliphatic carbocycles. The van der Waals surface area contributed by atoms with Crippen molar-refractivity contribution in [1.82, 2.24) is 0 Å². The van der Waals surface area contributed by atoms with Crippen molar-refractivity contribution in [2.45, 2.75) is 6.55 Å². The molecule has 3 heteroatoms. The molecule has 0 radical (unpaired) electrons. The molecule has 2 nitrogen and oxygen atoms in total. The van der Waals surface area contributed by atoms with Gasteiger partial charge in [0.05, 0.1) is 0 Å². The molecule has 0 spiro atoms. The summed E-state index contributed by atoms with van der Waals surface area (Å²) in [5.41, 5.74) is 0. The molecule has 38 valence electrons. The maximum Gasteiger partial charge on any atom is 0.317 e. The molecule has 0 rings (SSSR count). The highest BCUT2D eigenvalue weighted by molar-refractivity contribution is 6.42. The molecule has 0 heterocycles. The monoisotopic (exact) mass is 106 g/mol. The second-order valence-corrected chi connectivity index (χ2v) is 3.12. The SMILES string of the molecule is CO[SiH](C)OC. The quantitative estimate of drug-likeness (QED) is 0.466. The summed E-state index contributed by atoms with van der Waals surface area (Å²) in [6.07, 6.45) is 0. The second-order valence-electron chi connectivity index (χ2n) is 1.04. The summed E-state index contributed by atoms with van der Waals surface area (Å²) in [5.74, 6) is 0. The molecule has 0 aromatic rings. The summed E-state index contributed by atoms with van der Waals surface area (Å²) in [5, 5.41) is 0. The smallest absolute Gasteiger partial charge is 0.317 e. The summed E-state index contributed by atoms with van der Waals surface area (Å²) >= 11 is 0. The third kappa shape index (κ3) is 2.38. The van der Waals surface area contributed by atoms with E-state index in [0.29, 0.717) is 0 Å². The predicted molar refractivity (Wildman–Crippen MR) is 27.0 cm³/mol. The fourth-order valence-corrected chi connectivity index (χ4v) is 0.289. The van der Waals surface area contributed by atoms with Gasteiger partial charge in [-0.2, -0.15) is 0 Å². The molecule has 0 aromatic carbocycles. The van der Waals surface area contributed by atoms with E-state index < -0.39 is 9.28 Å². The van der Waals surface area contributed by atoms with Crippen LogP contribution in [0.4, 0.5) is 0 Å². The molecular weight excluding hydrogens is 96.1 g/mol. The van der Waals surface area contributed by atoms with Crippen molar-refractivity contribution in [1.29, 1.82) is 0 Å². The Hall–Kier alpha value is 0.137. The normalized spacial score (nSPS) is 10.0. The van der Waals surface area contributed by atoms with Crippen LogP contribution in [0.1, 0.15) is 0 Å². The lowest BCUT2D eigenvalue weighted by Gasteiger charge is -2.00. The Morgan fingerprint density at radius 1 is 1.17 bits per heavy atom. The van der Waals surface area contributed by atoms with Crippen LogP contribution in [0, 0.1) is 0 Å². The molecule has 0 aromatic heterocycles. The van der Waals surface area contributed by atoms with Crippen LogP contribution in [0.15, 0.2) is 0 Å². The molecule has 0 saturated carbocycles. The Bertz CT molecular complexity index is 28.0. The van der Waals surface area contributed by atoms with Gasteiger partial charge in [0.1, 0.15) is 0 Å². The van der Waals surface area contributed by atoms with E-state index in [-0.39, 0.29) is 0 Å². The van der Waals surface area contributed by atoms with Gasteiger partial charge in [-0.15, -0.1) is 0 Å². The van der Waals surface area contributed by atoms with Gasteiger partial charge in [-0.3, -0.25) is 0 Å². The Morgan fingerprint density at radius 3 is 1.50 bits per heavy atom. The van der Waals surface area contributed by atoms with Gasteiger partial charge >= 0.3 is 9.28 Å². The zero-order valence-corrected chi connectivity index (χ0v) is 5.55. The van der Waals surface area contributed by atoms with Gasteiger partial charge in [-0.05, 0) is 6.55 Å². The van der Waals surface area contributed by atoms with E-state index in [1.54, 1.807) is 14.2 Å². The topological polar surface area (TPSA) is 18.5 Å². The molecule has 6 heavy (non-hydrogen) atoms. The predicted octanol–water partition coefficient (Wildman–Crippen LogP) is 0.129. The fourth-order valence-electron chi connectivity index (χ4n) is 0.0962. The van der Waals surface area contributed by atoms with Crippen molar-refractivity contribution in [2.75, 3.05) is 14.2 Å². The number of hydrogen-bond acceptors (Lipinski definition) is 2. The maximum absolute atomic E-state index is 4.82. The first kappa shape index (κ1) is 6.14. The summed E-state index contributed by atoms with van der Waals surface area (Å²) in [6.45, 7) is 1.97. The van der Waals surface area contributed by atoms with Crippen molar-refractivity contribution in [2.24, 2.45) is 0 Å². The first-order chi connectivity index (χ1) is 2.81. The molecule has 0 aliphatic heterocycles. The minimum atomic E-state index is -1.16. The summed E-state index contributed by atoms with van der Waals surface area (Å²) in [6, 6.07) is 0. The van der Waals surface area contributed by atoms with Gasteiger partial charge in [-0.1, -0.05) is 0 Å². The van der Waals surface area contributed by atoms with Gasteiger partial charge in [-0.25, -0.2) is 0 Å². The highest BCUT2D eigenvalue weighted by Crippen LogP contribution is 1.77. The highest BCUT2D eigenvalue weighted by Gasteiger charge is 1.94. The van der Waals surface area contributed by atoms with Crippen molar-refractivity contribution in [3.05, 3.63) is 0 Å². The van der Waals surface area contributed by atoms with Crippen LogP contribution in [0.25, 0.3) is 0 Å². The van der Waals surface area contributed by atoms with Crippen LogP contribution in [0.5, 0.6) is 0 Å². The van der Waals surface area contributed by atoms with E-state index in [2.05, 4.69) is 0 Å². The van der Waals surface area contributed by atoms with E-state index in [4.69, 9.17) is 8.85 Å². The molecule has 0 unspecified atom stereocenters. The summed E-state index contributed by atoms with van der Waals surface area (Å²) < 4.78 is 9.63. The third-order valence-corrected chi connectivity index (χ3v) is 1.99. The standard InChI is InChI=1S/C3H10O2Si/c1-4-6(3)5-2/h6H,1-3H3. The van der Waals surface area contributed by atoms with Gasteiger partial charge in [0.25, 0.3) is 0 Å². The Kier molecular flexibility index (Phi) is 3.41. The minimum absolute atomic E-state index is 1.16. The lowest BCUT2D eigenvalue weighted by atomic mass is 11.8. The average molecular weight is 106 g/mol. The maximum atomic E-state index is 4.82. The van der Waals surface area contributed by atoms with Crippen molar-refractivity contribution < 1.29 is 8.85 Å². The van der Waals surface area contributed by atoms with E-state index in [0.717, 1.165) is 0 Å². The minimum Gasteiger partial charge on any atom is -0.400 e. The van der Waals surface area contributed by atoms with Crippen LogP contribution in [0.2, 0.25) is 6.55 Å². The fraction of sp³-hybridized carbons (Fsp3) is 1.00. The molecule has 0 saturated heterocycles. The van der Waals surface area contributed by atoms with Gasteiger partial charge in [0.2, 0.25) is 0 Å². The van der Waals surface area contributed by atoms with Gasteiger partial charge < -0.3 is 8.85 Å². The number of hydrogen-bond donors (Lipinski definition) is 0. The van der Waals surface area contributed by atoms with Crippen LogP contribution >= 0.6 is 0 Å². The van der Waals surface area contributed by atoms with E-state index in [1.165, 1.54) is 0 Å². The van der Waals surface area contributed by atoms with Crippen LogP contribution < -0.4 is 0 Å². The summed E-state index contributed by atoms with van der Waals surface area (Å²) in [7, 11) is 2.17. The highest BCUT2D eigenvalue weighted by atomic mass is 28.3. The Balaban J connectivity index is 2.75. The first-order valence-corrected chi connectivity index (χ1v) is 3.96. The van der Waals surface area contributed by atoms with Crippen LogP contribution in [-0.2, 0) is 8.85 Å². The first-order valence-electron chi connectivity index (χ1n) is 1.87. The number of rotatable bonds is 2. The van der Waals surface area contributed by atoms with Crippen molar-refractivity contribution in [3.8, 4) is 0 Å². The molecule has 0 bridgehead atoms. The van der Waals surface area contributed by atoms with Gasteiger partial charge in [0.15, 0.2) is 0 Å². The zero-order valence-electron chi connectivity index (χ0n) is 4.39. The average Bonchev–Trinajstić information content (AvgIpc) is 1.65. The van der Waals surface area contributed by atoms with Crippen LogP contribution in [-0.4, -0.2) is 23.5 Å². The molecule has 0 fully saturated rings. The molecule has 0 N–H and O–H groups in total. The Labute approximate surface area is 39.9 Å². The molecular formula is C3H10O2Si. The van der Waals surface area contributed by atoms with Crippen LogP contribution in [0.3, 0.4) is 0 Å². The zero-order chi connectivity index (χ0) is 4.99. The summed E-state index contributed by atoms with van der Waals surface area (Å²) in [4.78, 5) is 0. The van der Waals surface area contributed by atoms with Crippen molar-refractivity contribution in [3.63, 3.8) is 0 Å². The van der Waals surface area contributed by atoms with E-state index >= 15 is 0 Å². The van der Waals surface area contributed by atoms with Gasteiger partial charge in [0, 0.05) is 14.2 Å². The Morgan fingerprint density at radius 2 is 1.50 bits per heavy atom. The molecule has 0 amide bonds. The largest absolute Gasteiger partial charge is 0.400 e. The van der Waals surface area contributed by atoms with Crippen molar-refractivity contribution >= 4 is 9.28 Å². The molecule has 0 atom stereocenters. The lowest BCUT2D eigenvalue weighted by Crippen LogP contribution is -2.12. The molecule has 0 aliphatic rings. The van der Waals surface area contributed by atoms with E-state index in [1.807, 2.05) is 6.55 Å². The van der Waals surface area contributed by atoms with E-state index in [9.17, 15) is 0 Å². The third-order valence-electron chi connectivity index (χ3n) is 0.664. The lowest BCUT2D eigenvalue weighted by molar-refractivity contribution is 0.285. The second kappa shape index (κ2) is 3.33.